The van der Waals surface area contributed by atoms with E-state index in [0.29, 0.717) is 0 Å². The highest BCUT2D eigenvalue weighted by Gasteiger charge is 1.95. The molecule has 0 saturated heterocycles. The van der Waals surface area contributed by atoms with Crippen molar-refractivity contribution in [3.63, 3.8) is 0 Å². The van der Waals surface area contributed by atoms with Crippen LogP contribution in [0.3, 0.4) is 0 Å². The number of benzene rings is 1. The summed E-state index contributed by atoms with van der Waals surface area (Å²) >= 11 is 0. The largest absolute Gasteiger partial charge is 0.0999 e. The average Bonchev–Trinajstić information content (AvgIpc) is 2.30. The number of rotatable bonds is 8. The van der Waals surface area contributed by atoms with Crippen LogP contribution in [0.15, 0.2) is 42.5 Å². The van der Waals surface area contributed by atoms with Gasteiger partial charge in [-0.25, -0.2) is 0 Å². The van der Waals surface area contributed by atoms with E-state index >= 15 is 0 Å². The van der Waals surface area contributed by atoms with Crippen LogP contribution in [0.2, 0.25) is 0 Å². The molecule has 0 atom stereocenters. The van der Waals surface area contributed by atoms with Crippen LogP contribution in [0.25, 0.3) is 0 Å². The molecule has 0 radical (unpaired) electrons. The Labute approximate surface area is 100 Å². The summed E-state index contributed by atoms with van der Waals surface area (Å²) in [4.78, 5) is 0. The lowest BCUT2D eigenvalue weighted by atomic mass is 10.0. The second-order valence-electron chi connectivity index (χ2n) is 4.55. The summed E-state index contributed by atoms with van der Waals surface area (Å²) < 4.78 is 0. The lowest BCUT2D eigenvalue weighted by molar-refractivity contribution is 0.662. The fourth-order valence-electron chi connectivity index (χ4n) is 2.00. The van der Waals surface area contributed by atoms with Crippen LogP contribution in [0.4, 0.5) is 0 Å². The van der Waals surface area contributed by atoms with Crippen molar-refractivity contribution in [2.75, 3.05) is 0 Å². The van der Waals surface area contributed by atoms with E-state index in [4.69, 9.17) is 0 Å². The summed E-state index contributed by atoms with van der Waals surface area (Å²) in [6, 6.07) is 10.8. The Kier molecular flexibility index (Phi) is 6.64. The number of unbranched alkanes of at least 4 members (excludes halogenated alkanes) is 2. The zero-order valence-electron chi connectivity index (χ0n) is 10.5. The molecule has 0 heterocycles. The Morgan fingerprint density at radius 1 is 1.00 bits per heavy atom. The van der Waals surface area contributed by atoms with E-state index in [2.05, 4.69) is 43.8 Å². The van der Waals surface area contributed by atoms with E-state index in [-0.39, 0.29) is 0 Å². The SMILES string of the molecule is C=C(CCC)CCCCCc1ccccc1. The molecule has 0 heteroatoms. The van der Waals surface area contributed by atoms with Gasteiger partial charge in [0.1, 0.15) is 0 Å². The monoisotopic (exact) mass is 216 g/mol. The van der Waals surface area contributed by atoms with Gasteiger partial charge in [0.25, 0.3) is 0 Å². The maximum absolute atomic E-state index is 4.10. The summed E-state index contributed by atoms with van der Waals surface area (Å²) in [7, 11) is 0. The highest BCUT2D eigenvalue weighted by atomic mass is 14.0. The van der Waals surface area contributed by atoms with Crippen LogP contribution in [0, 0.1) is 0 Å². The third kappa shape index (κ3) is 5.75. The van der Waals surface area contributed by atoms with Gasteiger partial charge >= 0.3 is 0 Å². The smallest absolute Gasteiger partial charge is 0.0279 e. The van der Waals surface area contributed by atoms with Crippen LogP contribution >= 0.6 is 0 Å². The van der Waals surface area contributed by atoms with Crippen LogP contribution < -0.4 is 0 Å². The summed E-state index contributed by atoms with van der Waals surface area (Å²) in [6.45, 7) is 6.32. The second-order valence-corrected chi connectivity index (χ2v) is 4.55. The van der Waals surface area contributed by atoms with E-state index in [1.54, 1.807) is 0 Å². The lowest BCUT2D eigenvalue weighted by Gasteiger charge is -2.04. The lowest BCUT2D eigenvalue weighted by Crippen LogP contribution is -1.87. The maximum atomic E-state index is 4.10. The number of allylic oxidation sites excluding steroid dienone is 1. The molecular weight excluding hydrogens is 192 g/mol. The molecule has 0 aliphatic heterocycles. The van der Waals surface area contributed by atoms with Crippen LogP contribution in [0.5, 0.6) is 0 Å². The van der Waals surface area contributed by atoms with Crippen LogP contribution in [-0.4, -0.2) is 0 Å². The number of hydrogen-bond acceptors (Lipinski definition) is 0. The second kappa shape index (κ2) is 8.15. The zero-order valence-corrected chi connectivity index (χ0v) is 10.5. The topological polar surface area (TPSA) is 0 Å². The maximum Gasteiger partial charge on any atom is -0.0279 e. The van der Waals surface area contributed by atoms with Gasteiger partial charge in [-0.3, -0.25) is 0 Å². The molecule has 0 aliphatic carbocycles. The fraction of sp³-hybridized carbons (Fsp3) is 0.500. The fourth-order valence-corrected chi connectivity index (χ4v) is 2.00. The van der Waals surface area contributed by atoms with Gasteiger partial charge in [-0.2, -0.15) is 0 Å². The molecule has 0 amide bonds. The zero-order chi connectivity index (χ0) is 11.6. The Hall–Kier alpha value is -1.04. The third-order valence-electron chi connectivity index (χ3n) is 2.94. The van der Waals surface area contributed by atoms with Crippen molar-refractivity contribution in [1.29, 1.82) is 0 Å². The van der Waals surface area contributed by atoms with Crippen molar-refractivity contribution >= 4 is 0 Å². The Morgan fingerprint density at radius 3 is 2.44 bits per heavy atom. The van der Waals surface area contributed by atoms with E-state index < -0.39 is 0 Å². The summed E-state index contributed by atoms with van der Waals surface area (Å²) in [5.74, 6) is 0. The van der Waals surface area contributed by atoms with Crippen LogP contribution in [-0.2, 0) is 6.42 Å². The normalized spacial score (nSPS) is 10.3. The molecule has 0 bridgehead atoms. The third-order valence-corrected chi connectivity index (χ3v) is 2.94. The summed E-state index contributed by atoms with van der Waals surface area (Å²) in [6.07, 6.45) is 8.85. The molecule has 1 rings (SSSR count). The molecule has 0 saturated carbocycles. The molecule has 0 aromatic heterocycles. The summed E-state index contributed by atoms with van der Waals surface area (Å²) in [5.41, 5.74) is 2.90. The van der Waals surface area contributed by atoms with Crippen molar-refractivity contribution < 1.29 is 0 Å². The van der Waals surface area contributed by atoms with E-state index in [0.717, 1.165) is 0 Å². The molecule has 0 fully saturated rings. The van der Waals surface area contributed by atoms with Gasteiger partial charge < -0.3 is 0 Å². The minimum absolute atomic E-state index is 1.21. The van der Waals surface area contributed by atoms with E-state index in [1.807, 2.05) is 0 Å². The first-order valence-corrected chi connectivity index (χ1v) is 6.53. The standard InChI is InChI=1S/C16H24/c1-3-10-15(2)11-6-4-7-12-16-13-8-5-9-14-16/h5,8-9,13-14H,2-4,6-7,10-12H2,1H3. The molecule has 0 unspecified atom stereocenters. The van der Waals surface area contributed by atoms with E-state index in [9.17, 15) is 0 Å². The van der Waals surface area contributed by atoms with E-state index in [1.165, 1.54) is 56.1 Å². The Morgan fingerprint density at radius 2 is 1.75 bits per heavy atom. The highest BCUT2D eigenvalue weighted by Crippen LogP contribution is 2.13. The molecule has 0 nitrogen and oxygen atoms in total. The Balaban J connectivity index is 2.02. The molecule has 1 aromatic carbocycles. The van der Waals surface area contributed by atoms with Crippen molar-refractivity contribution in [3.05, 3.63) is 48.0 Å². The number of hydrogen-bond donors (Lipinski definition) is 0. The predicted octanol–water partition coefficient (Wildman–Crippen LogP) is 5.15. The van der Waals surface area contributed by atoms with Crippen molar-refractivity contribution in [1.82, 2.24) is 0 Å². The van der Waals surface area contributed by atoms with Gasteiger partial charge in [0.05, 0.1) is 0 Å². The molecule has 0 aliphatic rings. The van der Waals surface area contributed by atoms with Crippen LogP contribution in [0.1, 0.15) is 51.0 Å². The molecule has 0 spiro atoms. The first-order valence-electron chi connectivity index (χ1n) is 6.53. The van der Waals surface area contributed by atoms with Crippen molar-refractivity contribution in [3.8, 4) is 0 Å². The van der Waals surface area contributed by atoms with Gasteiger partial charge in [0.2, 0.25) is 0 Å². The van der Waals surface area contributed by atoms with Gasteiger partial charge in [-0.15, -0.1) is 0 Å². The van der Waals surface area contributed by atoms with Gasteiger partial charge in [-0.1, -0.05) is 62.2 Å². The number of aryl methyl sites for hydroxylation is 1. The highest BCUT2D eigenvalue weighted by molar-refractivity contribution is 5.14. The Bertz CT molecular complexity index is 284. The molecule has 16 heavy (non-hydrogen) atoms. The van der Waals surface area contributed by atoms with Crippen molar-refractivity contribution in [2.24, 2.45) is 0 Å². The summed E-state index contributed by atoms with van der Waals surface area (Å²) in [5, 5.41) is 0. The molecule has 0 N–H and O–H groups in total. The van der Waals surface area contributed by atoms with Gasteiger partial charge in [0.15, 0.2) is 0 Å². The quantitative estimate of drug-likeness (QED) is 0.416. The van der Waals surface area contributed by atoms with Gasteiger partial charge in [-0.05, 0) is 37.7 Å². The molecule has 1 aromatic rings. The first-order chi connectivity index (χ1) is 7.83. The predicted molar refractivity (Wildman–Crippen MR) is 72.7 cm³/mol. The molecular formula is C16H24. The molecule has 88 valence electrons. The first kappa shape index (κ1) is 13.0. The average molecular weight is 216 g/mol. The minimum atomic E-state index is 1.21. The van der Waals surface area contributed by atoms with Gasteiger partial charge in [0, 0.05) is 0 Å². The minimum Gasteiger partial charge on any atom is -0.0999 e. The van der Waals surface area contributed by atoms with Crippen molar-refractivity contribution in [2.45, 2.75) is 51.9 Å².